The van der Waals surface area contributed by atoms with Gasteiger partial charge in [-0.2, -0.15) is 0 Å². The van der Waals surface area contributed by atoms with Crippen LogP contribution in [-0.4, -0.2) is 25.9 Å². The Morgan fingerprint density at radius 3 is 2.62 bits per heavy atom. The molecule has 1 amide bonds. The number of nitrogens with zero attached hydrogens (tertiary/aromatic N) is 3. The van der Waals surface area contributed by atoms with Crippen LogP contribution in [0.3, 0.4) is 0 Å². The molecule has 0 fully saturated rings. The number of amides is 1. The molecule has 32 heavy (non-hydrogen) atoms. The van der Waals surface area contributed by atoms with Crippen LogP contribution in [0.4, 0.5) is 0 Å². The van der Waals surface area contributed by atoms with Crippen molar-refractivity contribution in [1.29, 1.82) is 0 Å². The van der Waals surface area contributed by atoms with Gasteiger partial charge >= 0.3 is 0 Å². The Morgan fingerprint density at radius 2 is 1.81 bits per heavy atom. The maximum absolute atomic E-state index is 13.4. The Kier molecular flexibility index (Phi) is 5.35. The average Bonchev–Trinajstić information content (AvgIpc) is 3.51. The van der Waals surface area contributed by atoms with Crippen molar-refractivity contribution in [2.75, 3.05) is 0 Å². The molecule has 0 bridgehead atoms. The summed E-state index contributed by atoms with van der Waals surface area (Å²) in [4.78, 5) is 35.7. The lowest BCUT2D eigenvalue weighted by Crippen LogP contribution is -2.32. The molecule has 0 aliphatic carbocycles. The summed E-state index contributed by atoms with van der Waals surface area (Å²) in [6, 6.07) is 22.2. The molecule has 7 nitrogen and oxygen atoms in total. The third-order valence-corrected chi connectivity index (χ3v) is 5.88. The minimum absolute atomic E-state index is 0.120. The molecule has 5 rings (SSSR count). The molecule has 0 saturated carbocycles. The minimum Gasteiger partial charge on any atom is -0.355 e. The van der Waals surface area contributed by atoms with E-state index in [4.69, 9.17) is 4.52 Å². The number of hydrogen-bond donors (Lipinski definition) is 1. The normalized spacial score (nSPS) is 11.0. The largest absolute Gasteiger partial charge is 0.355 e. The zero-order valence-electron chi connectivity index (χ0n) is 16.9. The summed E-state index contributed by atoms with van der Waals surface area (Å²) in [5.74, 6) is 0.636. The van der Waals surface area contributed by atoms with Gasteiger partial charge in [-0.25, -0.2) is 4.98 Å². The van der Waals surface area contributed by atoms with Gasteiger partial charge in [0.1, 0.15) is 5.82 Å². The molecule has 1 N–H and O–H groups in total. The van der Waals surface area contributed by atoms with E-state index < -0.39 is 0 Å². The molecule has 0 unspecified atom stereocenters. The molecule has 0 atom stereocenters. The van der Waals surface area contributed by atoms with Crippen molar-refractivity contribution in [3.63, 3.8) is 0 Å². The molecule has 0 spiro atoms. The van der Waals surface area contributed by atoms with Gasteiger partial charge in [-0.15, -0.1) is 11.3 Å². The lowest BCUT2D eigenvalue weighted by Gasteiger charge is -2.21. The summed E-state index contributed by atoms with van der Waals surface area (Å²) < 4.78 is 5.40. The molecule has 0 aliphatic heterocycles. The van der Waals surface area contributed by atoms with Gasteiger partial charge in [0.2, 0.25) is 0 Å². The summed E-state index contributed by atoms with van der Waals surface area (Å²) in [7, 11) is 0. The molecule has 3 aromatic heterocycles. The summed E-state index contributed by atoms with van der Waals surface area (Å²) in [6.45, 7) is 0.451. The summed E-state index contributed by atoms with van der Waals surface area (Å²) >= 11 is 1.51. The summed E-state index contributed by atoms with van der Waals surface area (Å²) in [6.07, 6.45) is 0. The van der Waals surface area contributed by atoms with Gasteiger partial charge < -0.3 is 14.4 Å². The number of aromatic amines is 1. The van der Waals surface area contributed by atoms with Gasteiger partial charge in [-0.05, 0) is 29.1 Å². The van der Waals surface area contributed by atoms with Crippen LogP contribution < -0.4 is 5.56 Å². The van der Waals surface area contributed by atoms with Gasteiger partial charge in [0.15, 0.2) is 11.5 Å². The Hall–Kier alpha value is -4.04. The predicted octanol–water partition coefficient (Wildman–Crippen LogP) is 4.48. The second-order valence-corrected chi connectivity index (χ2v) is 8.18. The molecule has 2 aromatic carbocycles. The number of thiophene rings is 1. The fourth-order valence-electron chi connectivity index (χ4n) is 3.47. The van der Waals surface area contributed by atoms with Crippen molar-refractivity contribution >= 4 is 28.1 Å². The number of aromatic nitrogens is 3. The number of carbonyl (C=O) groups is 1. The zero-order valence-corrected chi connectivity index (χ0v) is 17.7. The van der Waals surface area contributed by atoms with Crippen LogP contribution in [0.25, 0.3) is 21.5 Å². The highest BCUT2D eigenvalue weighted by atomic mass is 32.1. The topological polar surface area (TPSA) is 92.1 Å². The fraction of sp³-hybridized carbons (Fsp3) is 0.0833. The Morgan fingerprint density at radius 1 is 1.00 bits per heavy atom. The van der Waals surface area contributed by atoms with Crippen molar-refractivity contribution in [3.8, 4) is 10.6 Å². The van der Waals surface area contributed by atoms with E-state index in [9.17, 15) is 9.59 Å². The van der Waals surface area contributed by atoms with Crippen LogP contribution in [0, 0.1) is 0 Å². The highest BCUT2D eigenvalue weighted by Crippen LogP contribution is 2.26. The summed E-state index contributed by atoms with van der Waals surface area (Å²) in [5, 5.41) is 6.43. The number of rotatable bonds is 6. The first-order chi connectivity index (χ1) is 15.7. The van der Waals surface area contributed by atoms with Crippen molar-refractivity contribution < 1.29 is 9.32 Å². The van der Waals surface area contributed by atoms with E-state index in [1.807, 2.05) is 53.9 Å². The number of benzene rings is 2. The fourth-order valence-corrected chi connectivity index (χ4v) is 4.14. The van der Waals surface area contributed by atoms with E-state index in [2.05, 4.69) is 15.1 Å². The van der Waals surface area contributed by atoms with E-state index in [-0.39, 0.29) is 23.7 Å². The van der Waals surface area contributed by atoms with Gasteiger partial charge in [0, 0.05) is 12.6 Å². The van der Waals surface area contributed by atoms with Gasteiger partial charge in [0.05, 0.1) is 22.3 Å². The number of nitrogens with one attached hydrogen (secondary N) is 1. The Bertz CT molecular complexity index is 1420. The number of H-pyrrole nitrogens is 1. The smallest absolute Gasteiger partial charge is 0.276 e. The maximum Gasteiger partial charge on any atom is 0.276 e. The lowest BCUT2D eigenvalue weighted by atomic mass is 10.2. The molecule has 0 aliphatic rings. The van der Waals surface area contributed by atoms with E-state index >= 15 is 0 Å². The van der Waals surface area contributed by atoms with Crippen molar-refractivity contribution in [2.45, 2.75) is 13.1 Å². The second kappa shape index (κ2) is 8.60. The predicted molar refractivity (Wildman–Crippen MR) is 122 cm³/mol. The van der Waals surface area contributed by atoms with E-state index in [1.54, 1.807) is 29.2 Å². The highest BCUT2D eigenvalue weighted by molar-refractivity contribution is 7.13. The standard InChI is InChI=1S/C24H18N4O3S/c29-23-17-9-4-5-10-18(17)25-22(26-23)15-28(14-16-7-2-1-3-8-16)24(30)19-13-20(31-27-19)21-11-6-12-32-21/h1-13H,14-15H2,(H,25,26,29). The summed E-state index contributed by atoms with van der Waals surface area (Å²) in [5.41, 5.74) is 1.50. The third kappa shape index (κ3) is 4.08. The Balaban J connectivity index is 1.48. The van der Waals surface area contributed by atoms with Crippen LogP contribution in [0.15, 0.2) is 87.5 Å². The van der Waals surface area contributed by atoms with Gasteiger partial charge in [0.25, 0.3) is 11.5 Å². The first-order valence-electron chi connectivity index (χ1n) is 9.99. The molecule has 5 aromatic rings. The van der Waals surface area contributed by atoms with Crippen molar-refractivity contribution in [2.24, 2.45) is 0 Å². The van der Waals surface area contributed by atoms with Crippen LogP contribution in [0.2, 0.25) is 0 Å². The molecule has 8 heteroatoms. The number of para-hydroxylation sites is 1. The number of fused-ring (bicyclic) bond motifs is 1. The Labute approximate surface area is 187 Å². The van der Waals surface area contributed by atoms with Crippen LogP contribution in [0.5, 0.6) is 0 Å². The lowest BCUT2D eigenvalue weighted by molar-refractivity contribution is 0.0715. The first kappa shape index (κ1) is 19.9. The molecule has 0 radical (unpaired) electrons. The molecular formula is C24H18N4O3S. The monoisotopic (exact) mass is 442 g/mol. The average molecular weight is 443 g/mol. The van der Waals surface area contributed by atoms with Gasteiger partial charge in [-0.1, -0.05) is 53.7 Å². The SMILES string of the molecule is O=C(c1cc(-c2cccs2)on1)N(Cc1ccccc1)Cc1nc2ccccc2c(=O)[nH]1. The molecule has 3 heterocycles. The maximum atomic E-state index is 13.4. The number of hydrogen-bond acceptors (Lipinski definition) is 6. The number of carbonyl (C=O) groups excluding carboxylic acids is 1. The van der Waals surface area contributed by atoms with Crippen LogP contribution in [0.1, 0.15) is 21.9 Å². The molecule has 158 valence electrons. The highest BCUT2D eigenvalue weighted by Gasteiger charge is 2.22. The molecular weight excluding hydrogens is 424 g/mol. The quantitative estimate of drug-likeness (QED) is 0.419. The second-order valence-electron chi connectivity index (χ2n) is 7.23. The van der Waals surface area contributed by atoms with Gasteiger partial charge in [-0.3, -0.25) is 9.59 Å². The van der Waals surface area contributed by atoms with Crippen LogP contribution >= 0.6 is 11.3 Å². The first-order valence-corrected chi connectivity index (χ1v) is 10.9. The van der Waals surface area contributed by atoms with E-state index in [0.717, 1.165) is 10.4 Å². The van der Waals surface area contributed by atoms with E-state index in [1.165, 1.54) is 11.3 Å². The third-order valence-electron chi connectivity index (χ3n) is 5.00. The van der Waals surface area contributed by atoms with Crippen molar-refractivity contribution in [3.05, 3.63) is 106 Å². The minimum atomic E-state index is -0.309. The van der Waals surface area contributed by atoms with Crippen molar-refractivity contribution in [1.82, 2.24) is 20.0 Å². The molecule has 0 saturated heterocycles. The zero-order chi connectivity index (χ0) is 21.9. The van der Waals surface area contributed by atoms with Crippen LogP contribution in [-0.2, 0) is 13.1 Å². The van der Waals surface area contributed by atoms with E-state index in [0.29, 0.717) is 29.0 Å².